The van der Waals surface area contributed by atoms with Gasteiger partial charge in [-0.15, -0.1) is 0 Å². The first-order valence-electron chi connectivity index (χ1n) is 8.69. The Bertz CT molecular complexity index is 857. The second kappa shape index (κ2) is 6.68. The smallest absolute Gasteiger partial charge is 0.271 e. The molecule has 1 aliphatic heterocycles. The summed E-state index contributed by atoms with van der Waals surface area (Å²) < 4.78 is 1.72. The zero-order valence-corrected chi connectivity index (χ0v) is 14.3. The van der Waals surface area contributed by atoms with Crippen molar-refractivity contribution in [2.24, 2.45) is 7.05 Å². The van der Waals surface area contributed by atoms with Crippen molar-refractivity contribution in [1.82, 2.24) is 30.0 Å². The first kappa shape index (κ1) is 15.8. The van der Waals surface area contributed by atoms with Crippen LogP contribution in [0.15, 0.2) is 30.5 Å². The van der Waals surface area contributed by atoms with Crippen molar-refractivity contribution in [3.63, 3.8) is 0 Å². The number of aromatic amines is 1. The number of nitrogens with one attached hydrogen (secondary N) is 2. The Morgan fingerprint density at radius 2 is 2.16 bits per heavy atom. The van der Waals surface area contributed by atoms with E-state index < -0.39 is 0 Å². The van der Waals surface area contributed by atoms with Gasteiger partial charge in [-0.25, -0.2) is 0 Å². The molecule has 3 aromatic heterocycles. The fraction of sp³-hybridized carbons (Fsp3) is 0.389. The van der Waals surface area contributed by atoms with Gasteiger partial charge in [0.15, 0.2) is 5.69 Å². The summed E-state index contributed by atoms with van der Waals surface area (Å²) in [6.45, 7) is 3.83. The maximum absolute atomic E-state index is 12.4. The van der Waals surface area contributed by atoms with Gasteiger partial charge in [0.2, 0.25) is 0 Å². The molecule has 0 bridgehead atoms. The maximum atomic E-state index is 12.4. The minimum atomic E-state index is -0.129. The number of nitrogens with zero attached hydrogens (tertiary/aromatic N) is 4. The summed E-state index contributed by atoms with van der Waals surface area (Å²) in [5, 5.41) is 7.32. The van der Waals surface area contributed by atoms with Crippen LogP contribution in [-0.4, -0.2) is 56.7 Å². The molecule has 130 valence electrons. The molecule has 7 heteroatoms. The van der Waals surface area contributed by atoms with E-state index in [0.29, 0.717) is 12.2 Å². The van der Waals surface area contributed by atoms with Crippen LogP contribution < -0.4 is 5.32 Å². The van der Waals surface area contributed by atoms with Crippen LogP contribution in [0, 0.1) is 0 Å². The molecule has 0 atom stereocenters. The van der Waals surface area contributed by atoms with E-state index in [9.17, 15) is 4.79 Å². The third kappa shape index (κ3) is 3.28. The highest BCUT2D eigenvalue weighted by molar-refractivity contribution is 5.93. The number of rotatable bonds is 5. The van der Waals surface area contributed by atoms with Crippen LogP contribution >= 0.6 is 0 Å². The summed E-state index contributed by atoms with van der Waals surface area (Å²) in [5.41, 5.74) is 4.07. The topological polar surface area (TPSA) is 78.8 Å². The van der Waals surface area contributed by atoms with Crippen molar-refractivity contribution in [3.05, 3.63) is 36.2 Å². The predicted molar refractivity (Wildman–Crippen MR) is 96.3 cm³/mol. The van der Waals surface area contributed by atoms with E-state index in [1.807, 2.05) is 31.3 Å². The fourth-order valence-electron chi connectivity index (χ4n) is 3.35. The Labute approximate surface area is 146 Å². The molecule has 0 aromatic carbocycles. The zero-order valence-electron chi connectivity index (χ0n) is 14.3. The molecule has 0 unspecified atom stereocenters. The molecule has 1 saturated heterocycles. The number of carbonyl (C=O) groups is 1. The normalized spacial score (nSPS) is 15.1. The van der Waals surface area contributed by atoms with Crippen LogP contribution in [0.25, 0.3) is 22.4 Å². The highest BCUT2D eigenvalue weighted by Gasteiger charge is 2.16. The lowest BCUT2D eigenvalue weighted by Crippen LogP contribution is -2.33. The van der Waals surface area contributed by atoms with Crippen molar-refractivity contribution < 1.29 is 4.79 Å². The lowest BCUT2D eigenvalue weighted by atomic mass is 10.2. The molecule has 3 aromatic rings. The standard InChI is InChI=1S/C18H22N6O/c1-23-17(15-11-14-13(21-15)5-4-6-19-14)12-16(22-23)18(25)20-7-10-24-8-2-3-9-24/h4-6,11-12,21H,2-3,7-10H2,1H3,(H,20,25). The summed E-state index contributed by atoms with van der Waals surface area (Å²) in [4.78, 5) is 22.4. The van der Waals surface area contributed by atoms with Crippen LogP contribution in [0.1, 0.15) is 23.3 Å². The largest absolute Gasteiger partial charge is 0.352 e. The molecule has 2 N–H and O–H groups in total. The molecule has 4 rings (SSSR count). The molecule has 1 aliphatic rings. The second-order valence-electron chi connectivity index (χ2n) is 6.46. The number of aryl methyl sites for hydroxylation is 1. The quantitative estimate of drug-likeness (QED) is 0.743. The predicted octanol–water partition coefficient (Wildman–Crippen LogP) is 1.79. The molecule has 4 heterocycles. The number of hydrogen-bond donors (Lipinski definition) is 2. The molecule has 1 amide bonds. The lowest BCUT2D eigenvalue weighted by molar-refractivity contribution is 0.0944. The number of aromatic nitrogens is 4. The van der Waals surface area contributed by atoms with Gasteiger partial charge in [-0.2, -0.15) is 5.10 Å². The number of pyridine rings is 1. The van der Waals surface area contributed by atoms with Gasteiger partial charge in [0.1, 0.15) is 0 Å². The first-order valence-corrected chi connectivity index (χ1v) is 8.69. The minimum absolute atomic E-state index is 0.129. The highest BCUT2D eigenvalue weighted by atomic mass is 16.1. The third-order valence-corrected chi connectivity index (χ3v) is 4.69. The highest BCUT2D eigenvalue weighted by Crippen LogP contribution is 2.23. The molecule has 1 fully saturated rings. The van der Waals surface area contributed by atoms with Gasteiger partial charge >= 0.3 is 0 Å². The van der Waals surface area contributed by atoms with Crippen LogP contribution in [0.5, 0.6) is 0 Å². The summed E-state index contributed by atoms with van der Waals surface area (Å²) in [5.74, 6) is -0.129. The lowest BCUT2D eigenvalue weighted by Gasteiger charge is -2.14. The average molecular weight is 338 g/mol. The van der Waals surface area contributed by atoms with E-state index in [2.05, 4.69) is 25.3 Å². The minimum Gasteiger partial charge on any atom is -0.352 e. The van der Waals surface area contributed by atoms with Crippen molar-refractivity contribution >= 4 is 16.9 Å². The Hall–Kier alpha value is -2.67. The molecule has 25 heavy (non-hydrogen) atoms. The number of H-pyrrole nitrogens is 1. The van der Waals surface area contributed by atoms with Gasteiger partial charge in [-0.05, 0) is 50.2 Å². The first-order chi connectivity index (χ1) is 12.2. The Balaban J connectivity index is 1.46. The molecule has 0 radical (unpaired) electrons. The van der Waals surface area contributed by atoms with Gasteiger partial charge in [0.05, 0.1) is 22.4 Å². The van der Waals surface area contributed by atoms with Crippen LogP contribution in [0.3, 0.4) is 0 Å². The number of amides is 1. The second-order valence-corrected chi connectivity index (χ2v) is 6.46. The van der Waals surface area contributed by atoms with Crippen molar-refractivity contribution in [3.8, 4) is 11.4 Å². The van der Waals surface area contributed by atoms with Crippen LogP contribution in [0.4, 0.5) is 0 Å². The Morgan fingerprint density at radius 3 is 2.96 bits per heavy atom. The monoisotopic (exact) mass is 338 g/mol. The number of carbonyl (C=O) groups excluding carboxylic acids is 1. The number of hydrogen-bond acceptors (Lipinski definition) is 4. The summed E-state index contributed by atoms with van der Waals surface area (Å²) in [6.07, 6.45) is 4.29. The summed E-state index contributed by atoms with van der Waals surface area (Å²) >= 11 is 0. The molecule has 0 saturated carbocycles. The third-order valence-electron chi connectivity index (χ3n) is 4.69. The summed E-state index contributed by atoms with van der Waals surface area (Å²) in [7, 11) is 1.84. The fourth-order valence-corrected chi connectivity index (χ4v) is 3.35. The zero-order chi connectivity index (χ0) is 17.2. The molecular weight excluding hydrogens is 316 g/mol. The van der Waals surface area contributed by atoms with E-state index in [4.69, 9.17) is 0 Å². The average Bonchev–Trinajstić information content (AvgIpc) is 3.33. The summed E-state index contributed by atoms with van der Waals surface area (Å²) in [6, 6.07) is 7.66. The van der Waals surface area contributed by atoms with E-state index in [1.165, 1.54) is 12.8 Å². The number of likely N-dealkylation sites (tertiary alicyclic amines) is 1. The van der Waals surface area contributed by atoms with Crippen LogP contribution in [-0.2, 0) is 7.05 Å². The van der Waals surface area contributed by atoms with E-state index in [-0.39, 0.29) is 5.91 Å². The molecule has 7 nitrogen and oxygen atoms in total. The maximum Gasteiger partial charge on any atom is 0.271 e. The van der Waals surface area contributed by atoms with Gasteiger partial charge in [-0.3, -0.25) is 14.5 Å². The van der Waals surface area contributed by atoms with E-state index >= 15 is 0 Å². The molecule has 0 spiro atoms. The molecular formula is C18H22N6O. The van der Waals surface area contributed by atoms with E-state index in [1.54, 1.807) is 10.9 Å². The SMILES string of the molecule is Cn1nc(C(=O)NCCN2CCCC2)cc1-c1cc2ncccc2[nH]1. The van der Waals surface area contributed by atoms with Crippen molar-refractivity contribution in [1.29, 1.82) is 0 Å². The van der Waals surface area contributed by atoms with Crippen molar-refractivity contribution in [2.75, 3.05) is 26.2 Å². The van der Waals surface area contributed by atoms with Crippen LogP contribution in [0.2, 0.25) is 0 Å². The number of fused-ring (bicyclic) bond motifs is 1. The Kier molecular flexibility index (Phi) is 4.23. The van der Waals surface area contributed by atoms with Gasteiger partial charge in [-0.1, -0.05) is 0 Å². The molecule has 0 aliphatic carbocycles. The van der Waals surface area contributed by atoms with Gasteiger partial charge < -0.3 is 15.2 Å². The van der Waals surface area contributed by atoms with E-state index in [0.717, 1.165) is 42.1 Å². The van der Waals surface area contributed by atoms with Gasteiger partial charge in [0, 0.05) is 26.3 Å². The Morgan fingerprint density at radius 1 is 1.32 bits per heavy atom. The van der Waals surface area contributed by atoms with Crippen molar-refractivity contribution in [2.45, 2.75) is 12.8 Å². The van der Waals surface area contributed by atoms with Gasteiger partial charge in [0.25, 0.3) is 5.91 Å².